The topological polar surface area (TPSA) is 36.1 Å². The Bertz CT molecular complexity index is 953. The van der Waals surface area contributed by atoms with Gasteiger partial charge in [-0.25, -0.2) is 0 Å². The van der Waals surface area contributed by atoms with Crippen molar-refractivity contribution in [1.82, 2.24) is 9.88 Å². The molecule has 140 valence electrons. The first-order chi connectivity index (χ1) is 13.2. The van der Waals surface area contributed by atoms with Gasteiger partial charge in [-0.3, -0.25) is 9.69 Å². The largest absolute Gasteiger partial charge is 0.322 e. The number of likely N-dealkylation sites (tertiary alicyclic amines) is 1. The van der Waals surface area contributed by atoms with Crippen LogP contribution in [0.25, 0.3) is 10.9 Å². The van der Waals surface area contributed by atoms with E-state index >= 15 is 0 Å². The van der Waals surface area contributed by atoms with Crippen LogP contribution >= 0.6 is 0 Å². The number of hydrogen-bond donors (Lipinski definition) is 1. The predicted molar refractivity (Wildman–Crippen MR) is 112 cm³/mol. The minimum absolute atomic E-state index is 0.0453. The Hall–Kier alpha value is -2.39. The van der Waals surface area contributed by atoms with Crippen LogP contribution in [-0.4, -0.2) is 23.0 Å². The molecule has 0 atom stereocenters. The van der Waals surface area contributed by atoms with E-state index in [1.807, 2.05) is 13.0 Å². The molecular weight excluding hydrogens is 332 g/mol. The molecule has 0 spiro atoms. The quantitative estimate of drug-likeness (QED) is 0.725. The van der Waals surface area contributed by atoms with Crippen molar-refractivity contribution in [3.8, 4) is 0 Å². The fraction of sp³-hybridized carbons (Fsp3) is 0.375. The maximum Gasteiger partial charge on any atom is 0.251 e. The summed E-state index contributed by atoms with van der Waals surface area (Å²) in [7, 11) is 0. The zero-order valence-corrected chi connectivity index (χ0v) is 16.1. The van der Waals surface area contributed by atoms with E-state index in [0.29, 0.717) is 0 Å². The maximum atomic E-state index is 12.1. The third-order valence-corrected chi connectivity index (χ3v) is 5.85. The number of aromatic amines is 1. The Morgan fingerprint density at radius 3 is 2.52 bits per heavy atom. The van der Waals surface area contributed by atoms with Crippen LogP contribution in [0, 0.1) is 5.92 Å². The number of pyridine rings is 1. The second-order valence-electron chi connectivity index (χ2n) is 7.81. The van der Waals surface area contributed by atoms with Crippen LogP contribution in [0.2, 0.25) is 0 Å². The van der Waals surface area contributed by atoms with Crippen molar-refractivity contribution in [3.63, 3.8) is 0 Å². The number of piperidine rings is 1. The van der Waals surface area contributed by atoms with Gasteiger partial charge in [-0.2, -0.15) is 0 Å². The highest BCUT2D eigenvalue weighted by atomic mass is 16.1. The zero-order valence-electron chi connectivity index (χ0n) is 16.1. The molecular formula is C24H28N2O. The SMILES string of the molecule is CCc1cc2ccc(CN3CCC(Cc4ccccc4)CC3)cc2[nH]c1=O. The molecule has 1 N–H and O–H groups in total. The molecule has 1 fully saturated rings. The third-order valence-electron chi connectivity index (χ3n) is 5.85. The second kappa shape index (κ2) is 8.10. The fourth-order valence-corrected chi connectivity index (χ4v) is 4.21. The summed E-state index contributed by atoms with van der Waals surface area (Å²) >= 11 is 0. The van der Waals surface area contributed by atoms with Gasteiger partial charge in [0.05, 0.1) is 0 Å². The Morgan fingerprint density at radius 1 is 1.00 bits per heavy atom. The minimum atomic E-state index is 0.0453. The first kappa shape index (κ1) is 18.0. The zero-order chi connectivity index (χ0) is 18.6. The summed E-state index contributed by atoms with van der Waals surface area (Å²) in [5, 5.41) is 1.12. The highest BCUT2D eigenvalue weighted by molar-refractivity contribution is 5.79. The van der Waals surface area contributed by atoms with Crippen LogP contribution in [0.3, 0.4) is 0 Å². The Morgan fingerprint density at radius 2 is 1.78 bits per heavy atom. The Labute approximate surface area is 161 Å². The van der Waals surface area contributed by atoms with Gasteiger partial charge in [-0.1, -0.05) is 49.4 Å². The van der Waals surface area contributed by atoms with Gasteiger partial charge in [-0.15, -0.1) is 0 Å². The molecule has 0 bridgehead atoms. The van der Waals surface area contributed by atoms with Crippen molar-refractivity contribution in [2.45, 2.75) is 39.2 Å². The molecule has 0 amide bonds. The number of H-pyrrole nitrogens is 1. The summed E-state index contributed by atoms with van der Waals surface area (Å²) in [5.41, 5.74) is 4.60. The molecule has 0 aliphatic carbocycles. The van der Waals surface area contributed by atoms with Gasteiger partial charge in [0.15, 0.2) is 0 Å². The van der Waals surface area contributed by atoms with Crippen LogP contribution < -0.4 is 5.56 Å². The van der Waals surface area contributed by atoms with Crippen LogP contribution in [0.5, 0.6) is 0 Å². The molecule has 2 heterocycles. The molecule has 3 nitrogen and oxygen atoms in total. The van der Waals surface area contributed by atoms with Gasteiger partial charge in [0.25, 0.3) is 5.56 Å². The summed E-state index contributed by atoms with van der Waals surface area (Å²) in [5.74, 6) is 0.795. The average Bonchev–Trinajstić information content (AvgIpc) is 2.70. The van der Waals surface area contributed by atoms with Gasteiger partial charge in [-0.05, 0) is 73.3 Å². The lowest BCUT2D eigenvalue weighted by Gasteiger charge is -2.32. The van der Waals surface area contributed by atoms with E-state index in [0.717, 1.165) is 48.4 Å². The normalized spacial score (nSPS) is 16.0. The number of nitrogens with one attached hydrogen (secondary N) is 1. The van der Waals surface area contributed by atoms with Gasteiger partial charge < -0.3 is 4.98 Å². The van der Waals surface area contributed by atoms with E-state index < -0.39 is 0 Å². The van der Waals surface area contributed by atoms with Crippen LogP contribution in [0.15, 0.2) is 59.4 Å². The summed E-state index contributed by atoms with van der Waals surface area (Å²) in [6.45, 7) is 5.29. The molecule has 0 unspecified atom stereocenters. The lowest BCUT2D eigenvalue weighted by molar-refractivity contribution is 0.177. The van der Waals surface area contributed by atoms with Crippen molar-refractivity contribution < 1.29 is 0 Å². The highest BCUT2D eigenvalue weighted by Gasteiger charge is 2.19. The van der Waals surface area contributed by atoms with Crippen molar-refractivity contribution in [2.24, 2.45) is 5.92 Å². The molecule has 1 saturated heterocycles. The minimum Gasteiger partial charge on any atom is -0.322 e. The van der Waals surface area contributed by atoms with E-state index in [1.165, 1.54) is 30.4 Å². The first-order valence-corrected chi connectivity index (χ1v) is 10.1. The molecule has 4 rings (SSSR count). The molecule has 27 heavy (non-hydrogen) atoms. The maximum absolute atomic E-state index is 12.1. The van der Waals surface area contributed by atoms with Gasteiger partial charge in [0.1, 0.15) is 0 Å². The summed E-state index contributed by atoms with van der Waals surface area (Å²) in [4.78, 5) is 17.7. The number of hydrogen-bond acceptors (Lipinski definition) is 2. The van der Waals surface area contributed by atoms with Crippen LogP contribution in [0.4, 0.5) is 0 Å². The Balaban J connectivity index is 1.38. The van der Waals surface area contributed by atoms with Crippen molar-refractivity contribution in [3.05, 3.63) is 81.6 Å². The van der Waals surface area contributed by atoms with E-state index in [9.17, 15) is 4.79 Å². The number of nitrogens with zero attached hydrogens (tertiary/aromatic N) is 1. The van der Waals surface area contributed by atoms with Gasteiger partial charge in [0.2, 0.25) is 0 Å². The molecule has 1 aliphatic heterocycles. The predicted octanol–water partition coefficient (Wildman–Crippen LogP) is 4.55. The number of aromatic nitrogens is 1. The molecule has 3 aromatic rings. The van der Waals surface area contributed by atoms with Crippen LogP contribution in [-0.2, 0) is 19.4 Å². The van der Waals surface area contributed by atoms with E-state index in [4.69, 9.17) is 0 Å². The summed E-state index contributed by atoms with van der Waals surface area (Å²) in [6, 6.07) is 19.4. The fourth-order valence-electron chi connectivity index (χ4n) is 4.21. The molecule has 0 saturated carbocycles. The lowest BCUT2D eigenvalue weighted by Crippen LogP contribution is -2.33. The number of rotatable bonds is 5. The monoisotopic (exact) mass is 360 g/mol. The third kappa shape index (κ3) is 4.30. The summed E-state index contributed by atoms with van der Waals surface area (Å²) in [6.07, 6.45) is 4.49. The number of fused-ring (bicyclic) bond motifs is 1. The molecule has 1 aromatic heterocycles. The standard InChI is InChI=1S/C24H28N2O/c1-2-21-16-22-9-8-20(15-23(22)25-24(21)27)17-26-12-10-19(11-13-26)14-18-6-4-3-5-7-18/h3-9,15-16,19H,2,10-14,17H2,1H3,(H,25,27). The number of aryl methyl sites for hydroxylation is 1. The van der Waals surface area contributed by atoms with Crippen molar-refractivity contribution in [1.29, 1.82) is 0 Å². The number of benzene rings is 2. The van der Waals surface area contributed by atoms with E-state index in [1.54, 1.807) is 0 Å². The first-order valence-electron chi connectivity index (χ1n) is 10.1. The molecule has 0 radical (unpaired) electrons. The van der Waals surface area contributed by atoms with E-state index in [2.05, 4.69) is 58.4 Å². The second-order valence-corrected chi connectivity index (χ2v) is 7.81. The highest BCUT2D eigenvalue weighted by Crippen LogP contribution is 2.23. The molecule has 2 aromatic carbocycles. The van der Waals surface area contributed by atoms with Gasteiger partial charge in [0, 0.05) is 17.6 Å². The smallest absolute Gasteiger partial charge is 0.251 e. The van der Waals surface area contributed by atoms with Gasteiger partial charge >= 0.3 is 0 Å². The summed E-state index contributed by atoms with van der Waals surface area (Å²) < 4.78 is 0. The lowest BCUT2D eigenvalue weighted by atomic mass is 9.90. The van der Waals surface area contributed by atoms with Crippen molar-refractivity contribution in [2.75, 3.05) is 13.1 Å². The van der Waals surface area contributed by atoms with E-state index in [-0.39, 0.29) is 5.56 Å². The van der Waals surface area contributed by atoms with Crippen molar-refractivity contribution >= 4 is 10.9 Å². The molecule has 1 aliphatic rings. The Kier molecular flexibility index (Phi) is 5.40. The molecule has 3 heteroatoms. The average molecular weight is 361 g/mol. The van der Waals surface area contributed by atoms with Crippen LogP contribution in [0.1, 0.15) is 36.5 Å².